The Morgan fingerprint density at radius 1 is 1.67 bits per heavy atom. The van der Waals surface area contributed by atoms with Crippen molar-refractivity contribution < 1.29 is 9.90 Å². The summed E-state index contributed by atoms with van der Waals surface area (Å²) >= 11 is 1.86. The van der Waals surface area contributed by atoms with Gasteiger partial charge in [-0.3, -0.25) is 4.79 Å². The highest BCUT2D eigenvalue weighted by Gasteiger charge is 2.29. The van der Waals surface area contributed by atoms with Gasteiger partial charge >= 0.3 is 5.97 Å². The molecule has 0 aromatic heterocycles. The van der Waals surface area contributed by atoms with Crippen molar-refractivity contribution in [2.75, 3.05) is 6.54 Å². The van der Waals surface area contributed by atoms with Gasteiger partial charge in [0, 0.05) is 11.8 Å². The van der Waals surface area contributed by atoms with Gasteiger partial charge in [-0.05, 0) is 11.7 Å². The molecule has 1 heterocycles. The van der Waals surface area contributed by atoms with Crippen LogP contribution in [0.1, 0.15) is 20.3 Å². The lowest BCUT2D eigenvalue weighted by molar-refractivity contribution is -0.139. The van der Waals surface area contributed by atoms with E-state index in [1.807, 2.05) is 11.8 Å². The average Bonchev–Trinajstić information content (AvgIpc) is 2.34. The van der Waals surface area contributed by atoms with Crippen LogP contribution >= 0.6 is 11.8 Å². The SMILES string of the molecule is CC(C)S[C@H]1CN[C@H](C(=O)O)C1. The molecule has 70 valence electrons. The molecule has 0 saturated carbocycles. The molecule has 0 radical (unpaired) electrons. The average molecular weight is 189 g/mol. The summed E-state index contributed by atoms with van der Waals surface area (Å²) in [6, 6.07) is -0.318. The van der Waals surface area contributed by atoms with Gasteiger partial charge in [-0.15, -0.1) is 0 Å². The lowest BCUT2D eigenvalue weighted by atomic mass is 10.2. The van der Waals surface area contributed by atoms with E-state index in [0.717, 1.165) is 13.0 Å². The number of carboxylic acid groups (broad SMARTS) is 1. The second-order valence-corrected chi connectivity index (χ2v) is 5.22. The van der Waals surface area contributed by atoms with Crippen molar-refractivity contribution in [1.29, 1.82) is 0 Å². The first-order valence-electron chi connectivity index (χ1n) is 4.21. The van der Waals surface area contributed by atoms with Crippen molar-refractivity contribution in [3.8, 4) is 0 Å². The van der Waals surface area contributed by atoms with E-state index in [1.54, 1.807) is 0 Å². The molecule has 0 unspecified atom stereocenters. The molecule has 1 fully saturated rings. The van der Waals surface area contributed by atoms with Crippen LogP contribution in [0, 0.1) is 0 Å². The first kappa shape index (κ1) is 9.86. The molecule has 2 N–H and O–H groups in total. The van der Waals surface area contributed by atoms with E-state index in [2.05, 4.69) is 19.2 Å². The van der Waals surface area contributed by atoms with Crippen molar-refractivity contribution in [3.05, 3.63) is 0 Å². The molecule has 0 aliphatic carbocycles. The third kappa shape index (κ3) is 2.68. The molecule has 0 aromatic carbocycles. The Morgan fingerprint density at radius 2 is 2.33 bits per heavy atom. The minimum absolute atomic E-state index is 0.318. The quantitative estimate of drug-likeness (QED) is 0.694. The molecule has 12 heavy (non-hydrogen) atoms. The first-order valence-corrected chi connectivity index (χ1v) is 5.15. The van der Waals surface area contributed by atoms with E-state index in [-0.39, 0.29) is 6.04 Å². The van der Waals surface area contributed by atoms with Crippen molar-refractivity contribution in [2.24, 2.45) is 0 Å². The van der Waals surface area contributed by atoms with Crippen molar-refractivity contribution in [1.82, 2.24) is 5.32 Å². The highest BCUT2D eigenvalue weighted by atomic mass is 32.2. The van der Waals surface area contributed by atoms with Crippen molar-refractivity contribution in [2.45, 2.75) is 36.8 Å². The van der Waals surface area contributed by atoms with E-state index in [9.17, 15) is 4.79 Å². The zero-order chi connectivity index (χ0) is 9.14. The molecule has 1 aliphatic rings. The molecule has 0 amide bonds. The number of aliphatic carboxylic acids is 1. The third-order valence-corrected chi connectivity index (χ3v) is 3.14. The number of carbonyl (C=O) groups is 1. The summed E-state index contributed by atoms with van der Waals surface area (Å²) in [5.41, 5.74) is 0. The molecule has 2 atom stereocenters. The summed E-state index contributed by atoms with van der Waals surface area (Å²) in [6.45, 7) is 5.11. The second kappa shape index (κ2) is 4.14. The van der Waals surface area contributed by atoms with Gasteiger partial charge in [-0.25, -0.2) is 0 Å². The van der Waals surface area contributed by atoms with Crippen LogP contribution in [-0.4, -0.2) is 34.2 Å². The summed E-state index contributed by atoms with van der Waals surface area (Å²) in [4.78, 5) is 10.6. The number of nitrogens with one attached hydrogen (secondary N) is 1. The molecule has 3 nitrogen and oxygen atoms in total. The Kier molecular flexibility index (Phi) is 3.40. The fourth-order valence-corrected chi connectivity index (χ4v) is 2.65. The van der Waals surface area contributed by atoms with Gasteiger partial charge in [-0.1, -0.05) is 13.8 Å². The number of thioether (sulfide) groups is 1. The number of rotatable bonds is 3. The Morgan fingerprint density at radius 3 is 2.75 bits per heavy atom. The van der Waals surface area contributed by atoms with E-state index in [1.165, 1.54) is 0 Å². The van der Waals surface area contributed by atoms with Gasteiger partial charge in [0.05, 0.1) is 0 Å². The molecule has 1 aliphatic heterocycles. The highest BCUT2D eigenvalue weighted by molar-refractivity contribution is 8.00. The van der Waals surface area contributed by atoms with E-state index in [4.69, 9.17) is 5.11 Å². The summed E-state index contributed by atoms with van der Waals surface area (Å²) in [5, 5.41) is 12.7. The Labute approximate surface area is 76.9 Å². The Bertz CT molecular complexity index is 172. The number of hydrogen-bond acceptors (Lipinski definition) is 3. The van der Waals surface area contributed by atoms with Crippen LogP contribution in [-0.2, 0) is 4.79 Å². The lowest BCUT2D eigenvalue weighted by Crippen LogP contribution is -2.29. The number of hydrogen-bond donors (Lipinski definition) is 2. The fraction of sp³-hybridized carbons (Fsp3) is 0.875. The van der Waals surface area contributed by atoms with Crippen LogP contribution < -0.4 is 5.32 Å². The molecule has 4 heteroatoms. The van der Waals surface area contributed by atoms with Crippen LogP contribution in [0.5, 0.6) is 0 Å². The maximum absolute atomic E-state index is 10.6. The third-order valence-electron chi connectivity index (χ3n) is 1.85. The molecule has 0 spiro atoms. The maximum Gasteiger partial charge on any atom is 0.320 e. The van der Waals surface area contributed by atoms with Crippen molar-refractivity contribution >= 4 is 17.7 Å². The van der Waals surface area contributed by atoms with Crippen LogP contribution in [0.3, 0.4) is 0 Å². The smallest absolute Gasteiger partial charge is 0.320 e. The highest BCUT2D eigenvalue weighted by Crippen LogP contribution is 2.24. The normalized spacial score (nSPS) is 29.6. The van der Waals surface area contributed by atoms with Crippen LogP contribution in [0.4, 0.5) is 0 Å². The van der Waals surface area contributed by atoms with E-state index in [0.29, 0.717) is 10.5 Å². The fourth-order valence-electron chi connectivity index (χ4n) is 1.38. The molecule has 0 bridgehead atoms. The minimum Gasteiger partial charge on any atom is -0.480 e. The zero-order valence-corrected chi connectivity index (χ0v) is 8.23. The van der Waals surface area contributed by atoms with Crippen LogP contribution in [0.25, 0.3) is 0 Å². The largest absolute Gasteiger partial charge is 0.480 e. The maximum atomic E-state index is 10.6. The number of carboxylic acids is 1. The van der Waals surface area contributed by atoms with Gasteiger partial charge in [-0.2, -0.15) is 11.8 Å². The predicted molar refractivity (Wildman–Crippen MR) is 50.6 cm³/mol. The lowest BCUT2D eigenvalue weighted by Gasteiger charge is -2.10. The summed E-state index contributed by atoms with van der Waals surface area (Å²) in [5.74, 6) is -0.721. The van der Waals surface area contributed by atoms with Gasteiger partial charge in [0.25, 0.3) is 0 Å². The van der Waals surface area contributed by atoms with Crippen LogP contribution in [0.15, 0.2) is 0 Å². The first-order chi connectivity index (χ1) is 5.59. The zero-order valence-electron chi connectivity index (χ0n) is 7.41. The van der Waals surface area contributed by atoms with Gasteiger partial charge < -0.3 is 10.4 Å². The summed E-state index contributed by atoms with van der Waals surface area (Å²) in [6.07, 6.45) is 0.762. The molecule has 1 saturated heterocycles. The van der Waals surface area contributed by atoms with E-state index < -0.39 is 5.97 Å². The molecule has 0 aromatic rings. The second-order valence-electron chi connectivity index (χ2n) is 3.34. The monoisotopic (exact) mass is 189 g/mol. The van der Waals surface area contributed by atoms with Gasteiger partial charge in [0.15, 0.2) is 0 Å². The van der Waals surface area contributed by atoms with Crippen molar-refractivity contribution in [3.63, 3.8) is 0 Å². The Balaban J connectivity index is 2.30. The van der Waals surface area contributed by atoms with Gasteiger partial charge in [0.2, 0.25) is 0 Å². The summed E-state index contributed by atoms with van der Waals surface area (Å²) < 4.78 is 0. The van der Waals surface area contributed by atoms with Gasteiger partial charge in [0.1, 0.15) is 6.04 Å². The minimum atomic E-state index is -0.721. The topological polar surface area (TPSA) is 49.3 Å². The molecular weight excluding hydrogens is 174 g/mol. The van der Waals surface area contributed by atoms with Crippen LogP contribution in [0.2, 0.25) is 0 Å². The standard InChI is InChI=1S/C8H15NO2S/c1-5(2)12-6-3-7(8(10)11)9-4-6/h5-7,9H,3-4H2,1-2H3,(H,10,11)/t6-,7+/m1/s1. The van der Waals surface area contributed by atoms with E-state index >= 15 is 0 Å². The molecular formula is C8H15NO2S. The Hall–Kier alpha value is -0.220. The summed E-state index contributed by atoms with van der Waals surface area (Å²) in [7, 11) is 0. The molecule has 1 rings (SSSR count). The predicted octanol–water partition coefficient (Wildman–Crippen LogP) is 0.943.